The van der Waals surface area contributed by atoms with Crippen LogP contribution in [0.3, 0.4) is 0 Å². The maximum absolute atomic E-state index is 11.8. The number of fused-ring (bicyclic) bond motifs is 2. The summed E-state index contributed by atoms with van der Waals surface area (Å²) >= 11 is 5.12. The van der Waals surface area contributed by atoms with E-state index in [9.17, 15) is 9.59 Å². The molecule has 6 atom stereocenters. The Bertz CT molecular complexity index is 1850. The van der Waals surface area contributed by atoms with Gasteiger partial charge in [-0.2, -0.15) is 0 Å². The van der Waals surface area contributed by atoms with E-state index < -0.39 is 22.2 Å². The number of carbonyl (C=O) groups excluding carboxylic acids is 2. The Labute approximate surface area is 538 Å². The molecular formula is C71H122Br2Cl2N2O2P2Ru+2. The minimum atomic E-state index is -1.61. The van der Waals surface area contributed by atoms with Gasteiger partial charge >= 0.3 is 73.4 Å². The molecule has 8 fully saturated rings. The van der Waals surface area contributed by atoms with Crippen molar-refractivity contribution in [2.75, 3.05) is 13.1 Å². The number of allylic oxidation sites excluding steroid dienone is 4. The predicted molar refractivity (Wildman–Crippen MR) is 376 cm³/mol. The SMILES string of the molecule is C.C.C1CCC([PH+](C2CCCCC2)C2CCCCC2)CC1.C1CCC([PH+](C2CCCCC2)C2CCCCC2)CC1.C=CC1CC(C=C)C(CNC(=O)C(C)(C)Br)C1.CC(C)(Br)C(=O)NCC1CC2C=CC1C2.[Cl][Ru]([Cl])=[CH]c1ccccc1. The van der Waals surface area contributed by atoms with Crippen LogP contribution in [0, 0.1) is 35.5 Å². The zero-order valence-electron chi connectivity index (χ0n) is 50.8. The van der Waals surface area contributed by atoms with Gasteiger partial charge in [-0.15, -0.1) is 13.2 Å². The van der Waals surface area contributed by atoms with Crippen molar-refractivity contribution in [3.63, 3.8) is 0 Å². The van der Waals surface area contributed by atoms with Gasteiger partial charge in [0, 0.05) is 28.9 Å². The molecule has 10 rings (SSSR count). The molecule has 4 nitrogen and oxygen atoms in total. The first-order valence-electron chi connectivity index (χ1n) is 33.0. The van der Waals surface area contributed by atoms with Crippen molar-refractivity contribution in [3.05, 3.63) is 73.4 Å². The molecule has 0 aliphatic heterocycles. The fourth-order valence-corrected chi connectivity index (χ4v) is 28.7. The zero-order chi connectivity index (χ0) is 57.3. The van der Waals surface area contributed by atoms with E-state index in [0.717, 1.165) is 37.4 Å². The molecule has 2 amide bonds. The zero-order valence-corrected chi connectivity index (χ0v) is 59.2. The number of carbonyl (C=O) groups is 2. The standard InChI is InChI=1S/2C18H33P.C14H22BrNO.C12H18BrNO.C7H6.2CH4.2ClH.Ru/c2*1-4-10-16(11-5-1)19(17-12-6-2-7-13-17)18-14-8-3-9-15-18;1-5-10-7-11(6-2)12(8-10)9-16-13(17)14(3,4)15;1-12(2,13)11(15)14-7-10-6-8-3-4-9(10)5-8;1-7-5-3-2-4-6-7;;;;;/h2*16-18H,1-15H2;5-6,10-12H,1-2,7-9H2,3-4H3,(H,16,17);3-4,8-10H,5-7H2,1-2H3,(H,14,15);1-6H;2*1H4;2*1H;/q;;;;;;;;;+2. The summed E-state index contributed by atoms with van der Waals surface area (Å²) in [5.74, 6) is 3.86. The molecule has 0 aromatic heterocycles. The van der Waals surface area contributed by atoms with Crippen molar-refractivity contribution < 1.29 is 23.1 Å². The second kappa shape index (κ2) is 40.1. The van der Waals surface area contributed by atoms with Crippen LogP contribution in [0.15, 0.2) is 67.8 Å². The van der Waals surface area contributed by atoms with E-state index in [1.807, 2.05) is 74.8 Å². The molecule has 9 aliphatic carbocycles. The van der Waals surface area contributed by atoms with Crippen LogP contribution in [0.4, 0.5) is 0 Å². The first-order valence-corrected chi connectivity index (χ1v) is 43.6. The fraction of sp³-hybridized carbons (Fsp3) is 0.789. The number of rotatable bonds is 15. The van der Waals surface area contributed by atoms with Crippen LogP contribution in [0.2, 0.25) is 0 Å². The van der Waals surface area contributed by atoms with Crippen molar-refractivity contribution in [1.29, 1.82) is 0 Å². The number of alkyl halides is 2. The van der Waals surface area contributed by atoms with Gasteiger partial charge in [-0.3, -0.25) is 9.59 Å². The molecule has 8 saturated carbocycles. The van der Waals surface area contributed by atoms with Gasteiger partial charge in [0.2, 0.25) is 11.8 Å². The quantitative estimate of drug-likeness (QED) is 0.0796. The third kappa shape index (κ3) is 26.0. The van der Waals surface area contributed by atoms with E-state index in [4.69, 9.17) is 19.4 Å². The predicted octanol–water partition coefficient (Wildman–Crippen LogP) is 22.2. The first kappa shape index (κ1) is 74.7. The van der Waals surface area contributed by atoms with Crippen LogP contribution in [0.1, 0.15) is 266 Å². The summed E-state index contributed by atoms with van der Waals surface area (Å²) in [4.78, 5) is 23.4. The van der Waals surface area contributed by atoms with E-state index in [1.165, 1.54) is 46.8 Å². The summed E-state index contributed by atoms with van der Waals surface area (Å²) in [6.07, 6.45) is 61.0. The van der Waals surface area contributed by atoms with Gasteiger partial charge in [-0.1, -0.05) is 110 Å². The summed E-state index contributed by atoms with van der Waals surface area (Å²) in [6.45, 7) is 16.8. The van der Waals surface area contributed by atoms with Crippen LogP contribution < -0.4 is 10.6 Å². The monoisotopic (exact) mass is 1430 g/mol. The van der Waals surface area contributed by atoms with E-state index in [2.05, 4.69) is 67.8 Å². The molecule has 0 saturated heterocycles. The summed E-state index contributed by atoms with van der Waals surface area (Å²) in [6, 6.07) is 9.89. The van der Waals surface area contributed by atoms with Crippen molar-refractivity contribution in [3.8, 4) is 0 Å². The maximum atomic E-state index is 11.8. The molecule has 0 radical (unpaired) electrons. The van der Waals surface area contributed by atoms with Gasteiger partial charge in [0.25, 0.3) is 0 Å². The summed E-state index contributed by atoms with van der Waals surface area (Å²) in [5.41, 5.74) is 8.48. The van der Waals surface area contributed by atoms with E-state index >= 15 is 0 Å². The molecular weight excluding hydrogens is 1310 g/mol. The van der Waals surface area contributed by atoms with Gasteiger partial charge in [0.15, 0.2) is 0 Å². The van der Waals surface area contributed by atoms with E-state index in [0.29, 0.717) is 29.6 Å². The minimum absolute atomic E-state index is 0. The molecule has 472 valence electrons. The Balaban J connectivity index is 0.000000222. The van der Waals surface area contributed by atoms with Crippen molar-refractivity contribution >= 4 is 83.5 Å². The average Bonchev–Trinajstić information content (AvgIpc) is 4.25. The van der Waals surface area contributed by atoms with E-state index in [-0.39, 0.29) is 42.5 Å². The molecule has 1 aromatic carbocycles. The molecule has 6 unspecified atom stereocenters. The van der Waals surface area contributed by atoms with Crippen molar-refractivity contribution in [2.24, 2.45) is 35.5 Å². The number of nitrogens with one attached hydrogen (secondary N) is 2. The third-order valence-electron chi connectivity index (χ3n) is 20.4. The second-order valence-corrected chi connectivity index (χ2v) is 43.8. The van der Waals surface area contributed by atoms with Gasteiger partial charge in [0.05, 0.1) is 42.6 Å². The van der Waals surface area contributed by atoms with Gasteiger partial charge in [-0.05, 0) is 243 Å². The Morgan fingerprint density at radius 1 is 0.524 bits per heavy atom. The third-order valence-corrected chi connectivity index (χ3v) is 32.1. The molecule has 0 spiro atoms. The molecule has 0 heterocycles. The molecule has 1 aromatic rings. The van der Waals surface area contributed by atoms with Gasteiger partial charge in [-0.25, -0.2) is 0 Å². The molecule has 82 heavy (non-hydrogen) atoms. The normalized spacial score (nSPS) is 26.8. The van der Waals surface area contributed by atoms with Crippen LogP contribution in [0.5, 0.6) is 0 Å². The fourth-order valence-electron chi connectivity index (χ4n) is 16.1. The number of amides is 2. The Kier molecular flexibility index (Phi) is 36.6. The van der Waals surface area contributed by atoms with Gasteiger partial charge < -0.3 is 10.6 Å². The number of halogens is 4. The number of hydrogen-bond donors (Lipinski definition) is 2. The van der Waals surface area contributed by atoms with Crippen LogP contribution in [0.25, 0.3) is 0 Å². The summed E-state index contributed by atoms with van der Waals surface area (Å²) in [5, 5.41) is 6.04. The molecule has 2 bridgehead atoms. The molecule has 2 N–H and O–H groups in total. The second-order valence-electron chi connectivity index (χ2n) is 27.3. The Morgan fingerprint density at radius 3 is 1.16 bits per heavy atom. The van der Waals surface area contributed by atoms with Crippen LogP contribution in [-0.2, 0) is 23.1 Å². The van der Waals surface area contributed by atoms with Crippen molar-refractivity contribution in [1.82, 2.24) is 10.6 Å². The topological polar surface area (TPSA) is 58.2 Å². The van der Waals surface area contributed by atoms with Crippen LogP contribution >= 0.6 is 67.1 Å². The number of hydrogen-bond acceptors (Lipinski definition) is 2. The molecule has 9 aliphatic rings. The van der Waals surface area contributed by atoms with E-state index in [1.54, 1.807) is 193 Å². The first-order chi connectivity index (χ1) is 38.5. The number of benzene rings is 1. The van der Waals surface area contributed by atoms with Gasteiger partial charge in [0.1, 0.15) is 0 Å². The summed E-state index contributed by atoms with van der Waals surface area (Å²) < 4.78 is 0.987. The van der Waals surface area contributed by atoms with Crippen molar-refractivity contribution in [2.45, 2.75) is 303 Å². The Hall–Kier alpha value is 0.273. The van der Waals surface area contributed by atoms with Crippen LogP contribution in [-0.4, -0.2) is 72.1 Å². The summed E-state index contributed by atoms with van der Waals surface area (Å²) in [7, 11) is 11.2. The average molecular weight is 1430 g/mol. The molecule has 11 heteroatoms. The Morgan fingerprint density at radius 2 is 0.878 bits per heavy atom.